The number of fused-ring (bicyclic) bond motifs is 2. The third-order valence-corrected chi connectivity index (χ3v) is 5.00. The monoisotopic (exact) mass is 440 g/mol. The number of esters is 1. The predicted octanol–water partition coefficient (Wildman–Crippen LogP) is 2.73. The van der Waals surface area contributed by atoms with Crippen LogP contribution in [0.3, 0.4) is 0 Å². The van der Waals surface area contributed by atoms with Crippen LogP contribution in [0.1, 0.15) is 43.6 Å². The van der Waals surface area contributed by atoms with Crippen molar-refractivity contribution in [2.75, 3.05) is 12.4 Å². The number of carbonyl (C=O) groups is 2. The molecular formula is C22H25BN2O7. The standard InChI is InChI=1S/C22H25BN2O7/c1-21(2,3)32-20(28)25-17-14(19(27)30-5)9-13-16(26)12-8-11(22(4,29)10-23)6-7-15(12)31-18(13)24-17/h6-9,29H,10,23H2,1-5H3,(H,24,25,28). The average molecular weight is 440 g/mol. The van der Waals surface area contributed by atoms with Crippen LogP contribution in [0, 0.1) is 0 Å². The lowest BCUT2D eigenvalue weighted by molar-refractivity contribution is 0.0601. The summed E-state index contributed by atoms with van der Waals surface area (Å²) < 4.78 is 15.8. The highest BCUT2D eigenvalue weighted by Gasteiger charge is 2.25. The van der Waals surface area contributed by atoms with Crippen molar-refractivity contribution in [1.29, 1.82) is 0 Å². The van der Waals surface area contributed by atoms with Crippen molar-refractivity contribution in [3.63, 3.8) is 0 Å². The Bertz CT molecular complexity index is 1280. The SMILES string of the molecule is BCC(C)(O)c1ccc2oc3nc(NC(=O)OC(C)(C)C)c(C(=O)OC)cc3c(=O)c2c1. The number of aromatic nitrogens is 1. The topological polar surface area (TPSA) is 128 Å². The van der Waals surface area contributed by atoms with E-state index in [0.717, 1.165) is 0 Å². The molecule has 10 heteroatoms. The van der Waals surface area contributed by atoms with Crippen LogP contribution in [0.2, 0.25) is 6.32 Å². The maximum atomic E-state index is 13.2. The van der Waals surface area contributed by atoms with Crippen molar-refractivity contribution in [2.24, 2.45) is 0 Å². The summed E-state index contributed by atoms with van der Waals surface area (Å²) in [5, 5.41) is 13.2. The molecule has 0 saturated heterocycles. The summed E-state index contributed by atoms with van der Waals surface area (Å²) in [6, 6.07) is 6.07. The summed E-state index contributed by atoms with van der Waals surface area (Å²) in [5.74, 6) is -0.959. The molecule has 0 aliphatic carbocycles. The van der Waals surface area contributed by atoms with E-state index in [0.29, 0.717) is 11.9 Å². The van der Waals surface area contributed by atoms with E-state index in [1.165, 1.54) is 13.2 Å². The number of pyridine rings is 1. The van der Waals surface area contributed by atoms with Crippen LogP contribution in [-0.4, -0.2) is 42.7 Å². The molecule has 32 heavy (non-hydrogen) atoms. The molecule has 2 aromatic heterocycles. The molecule has 0 aliphatic heterocycles. The average Bonchev–Trinajstić information content (AvgIpc) is 2.71. The molecule has 1 atom stereocenters. The van der Waals surface area contributed by atoms with Gasteiger partial charge < -0.3 is 19.0 Å². The number of hydrogen-bond acceptors (Lipinski definition) is 8. The number of nitrogens with zero attached hydrogens (tertiary/aromatic N) is 1. The summed E-state index contributed by atoms with van der Waals surface area (Å²) in [4.78, 5) is 41.9. The molecule has 2 heterocycles. The Labute approximate surface area is 185 Å². The van der Waals surface area contributed by atoms with E-state index in [2.05, 4.69) is 10.3 Å². The van der Waals surface area contributed by atoms with Gasteiger partial charge in [-0.15, -0.1) is 0 Å². The number of aliphatic hydroxyl groups is 1. The second-order valence-corrected chi connectivity index (χ2v) is 8.63. The summed E-state index contributed by atoms with van der Waals surface area (Å²) in [6.07, 6.45) is -0.380. The molecule has 3 aromatic rings. The van der Waals surface area contributed by atoms with Gasteiger partial charge in [0.15, 0.2) is 5.82 Å². The Kier molecular flexibility index (Phi) is 6.01. The van der Waals surface area contributed by atoms with Crippen LogP contribution in [0.25, 0.3) is 22.1 Å². The highest BCUT2D eigenvalue weighted by atomic mass is 16.6. The third-order valence-electron chi connectivity index (χ3n) is 5.00. The Morgan fingerprint density at radius 2 is 1.88 bits per heavy atom. The number of methoxy groups -OCH3 is 1. The van der Waals surface area contributed by atoms with E-state index >= 15 is 0 Å². The lowest BCUT2D eigenvalue weighted by atomic mass is 9.82. The molecule has 0 fully saturated rings. The minimum absolute atomic E-state index is 0.0286. The van der Waals surface area contributed by atoms with Crippen LogP contribution in [0.15, 0.2) is 33.5 Å². The first kappa shape index (κ1) is 23.3. The molecular weight excluding hydrogens is 415 g/mol. The van der Waals surface area contributed by atoms with Crippen LogP contribution in [0.5, 0.6) is 0 Å². The summed E-state index contributed by atoms with van der Waals surface area (Å²) in [6.45, 7) is 6.73. The van der Waals surface area contributed by atoms with Gasteiger partial charge in [0, 0.05) is 0 Å². The van der Waals surface area contributed by atoms with Gasteiger partial charge in [0.2, 0.25) is 11.1 Å². The number of carbonyl (C=O) groups excluding carboxylic acids is 2. The first-order valence-corrected chi connectivity index (χ1v) is 10.1. The predicted molar refractivity (Wildman–Crippen MR) is 122 cm³/mol. The minimum atomic E-state index is -1.12. The van der Waals surface area contributed by atoms with E-state index in [-0.39, 0.29) is 33.5 Å². The first-order valence-electron chi connectivity index (χ1n) is 10.1. The fourth-order valence-electron chi connectivity index (χ4n) is 3.08. The third kappa shape index (κ3) is 4.60. The van der Waals surface area contributed by atoms with Gasteiger partial charge in [-0.05, 0) is 57.8 Å². The molecule has 0 aliphatic rings. The number of hydrogen-bond donors (Lipinski definition) is 2. The molecule has 0 spiro atoms. The molecule has 0 saturated carbocycles. The van der Waals surface area contributed by atoms with E-state index in [4.69, 9.17) is 13.9 Å². The number of nitrogens with one attached hydrogen (secondary N) is 1. The van der Waals surface area contributed by atoms with Crippen molar-refractivity contribution in [3.8, 4) is 0 Å². The molecule has 9 nitrogen and oxygen atoms in total. The summed E-state index contributed by atoms with van der Waals surface area (Å²) in [7, 11) is 3.00. The maximum absolute atomic E-state index is 13.2. The van der Waals surface area contributed by atoms with Gasteiger partial charge in [0.1, 0.15) is 24.6 Å². The number of rotatable bonds is 4. The van der Waals surface area contributed by atoms with Crippen LogP contribution in [0.4, 0.5) is 10.6 Å². The van der Waals surface area contributed by atoms with E-state index < -0.39 is 28.7 Å². The molecule has 1 unspecified atom stereocenters. The number of ether oxygens (including phenoxy) is 2. The van der Waals surface area contributed by atoms with Gasteiger partial charge in [-0.25, -0.2) is 9.59 Å². The first-order chi connectivity index (χ1) is 14.9. The zero-order valence-electron chi connectivity index (χ0n) is 18.9. The Hall–Kier alpha value is -3.40. The molecule has 0 radical (unpaired) electrons. The number of anilines is 1. The van der Waals surface area contributed by atoms with Crippen molar-refractivity contribution < 1.29 is 28.6 Å². The summed E-state index contributed by atoms with van der Waals surface area (Å²) in [5.41, 5.74) is -1.72. The molecule has 168 valence electrons. The Morgan fingerprint density at radius 1 is 1.19 bits per heavy atom. The Balaban J connectivity index is 2.21. The van der Waals surface area contributed by atoms with Crippen LogP contribution < -0.4 is 10.7 Å². The van der Waals surface area contributed by atoms with Crippen molar-refractivity contribution >= 4 is 47.8 Å². The Morgan fingerprint density at radius 3 is 2.47 bits per heavy atom. The second kappa shape index (κ2) is 8.27. The molecule has 1 aromatic carbocycles. The van der Waals surface area contributed by atoms with Gasteiger partial charge in [-0.2, -0.15) is 4.98 Å². The van der Waals surface area contributed by atoms with Crippen molar-refractivity contribution in [2.45, 2.75) is 45.2 Å². The fraction of sp³-hybridized carbons (Fsp3) is 0.364. The lowest BCUT2D eigenvalue weighted by Gasteiger charge is -2.22. The molecule has 3 rings (SSSR count). The van der Waals surface area contributed by atoms with Crippen LogP contribution in [-0.2, 0) is 15.1 Å². The number of benzene rings is 1. The largest absolute Gasteiger partial charge is 0.465 e. The normalized spacial score (nSPS) is 13.6. The fourth-order valence-corrected chi connectivity index (χ4v) is 3.08. The maximum Gasteiger partial charge on any atom is 0.413 e. The van der Waals surface area contributed by atoms with E-state index in [9.17, 15) is 19.5 Å². The van der Waals surface area contributed by atoms with Crippen molar-refractivity contribution in [3.05, 3.63) is 45.6 Å². The smallest absolute Gasteiger partial charge is 0.413 e. The van der Waals surface area contributed by atoms with Gasteiger partial charge in [-0.3, -0.25) is 10.1 Å². The van der Waals surface area contributed by atoms with Gasteiger partial charge in [0.05, 0.1) is 23.5 Å². The van der Waals surface area contributed by atoms with Gasteiger partial charge >= 0.3 is 12.1 Å². The minimum Gasteiger partial charge on any atom is -0.465 e. The van der Waals surface area contributed by atoms with E-state index in [1.807, 2.05) is 7.85 Å². The van der Waals surface area contributed by atoms with Gasteiger partial charge in [0.25, 0.3) is 0 Å². The van der Waals surface area contributed by atoms with E-state index in [1.54, 1.807) is 45.9 Å². The lowest BCUT2D eigenvalue weighted by Crippen LogP contribution is -2.28. The second-order valence-electron chi connectivity index (χ2n) is 8.63. The number of amides is 1. The van der Waals surface area contributed by atoms with Crippen molar-refractivity contribution in [1.82, 2.24) is 4.98 Å². The zero-order valence-corrected chi connectivity index (χ0v) is 18.9. The highest BCUT2D eigenvalue weighted by Crippen LogP contribution is 2.28. The molecule has 2 N–H and O–H groups in total. The zero-order chi connectivity index (χ0) is 23.8. The quantitative estimate of drug-likeness (QED) is 0.360. The molecule has 1 amide bonds. The highest BCUT2D eigenvalue weighted by molar-refractivity contribution is 6.09. The summed E-state index contributed by atoms with van der Waals surface area (Å²) >= 11 is 0. The van der Waals surface area contributed by atoms with Gasteiger partial charge in [-0.1, -0.05) is 6.07 Å². The molecule has 0 bridgehead atoms. The van der Waals surface area contributed by atoms with Crippen LogP contribution >= 0.6 is 0 Å².